The molecule has 0 fully saturated rings. The van der Waals surface area contributed by atoms with Crippen molar-refractivity contribution in [3.8, 4) is 5.69 Å². The molecule has 8 nitrogen and oxygen atoms in total. The zero-order valence-corrected chi connectivity index (χ0v) is 19.0. The van der Waals surface area contributed by atoms with Crippen molar-refractivity contribution in [3.63, 3.8) is 0 Å². The van der Waals surface area contributed by atoms with Gasteiger partial charge in [-0.2, -0.15) is 5.10 Å². The van der Waals surface area contributed by atoms with E-state index < -0.39 is 26.7 Å². The molecule has 2 heterocycles. The maximum Gasteiger partial charge on any atom is 0.256 e. The van der Waals surface area contributed by atoms with Crippen LogP contribution in [0.1, 0.15) is 27.2 Å². The van der Waals surface area contributed by atoms with Crippen molar-refractivity contribution in [2.75, 3.05) is 19.4 Å². The summed E-state index contributed by atoms with van der Waals surface area (Å²) in [6, 6.07) is 13.5. The molecule has 2 aromatic carbocycles. The van der Waals surface area contributed by atoms with Gasteiger partial charge < -0.3 is 5.32 Å². The van der Waals surface area contributed by atoms with Crippen LogP contribution >= 0.6 is 0 Å². The highest BCUT2D eigenvalue weighted by atomic mass is 32.2. The summed E-state index contributed by atoms with van der Waals surface area (Å²) >= 11 is 0. The fourth-order valence-corrected chi connectivity index (χ4v) is 5.46. The quantitative estimate of drug-likeness (QED) is 0.633. The molecule has 162 valence electrons. The number of rotatable bonds is 5. The first kappa shape index (κ1) is 21.4. The second kappa shape index (κ2) is 8.03. The van der Waals surface area contributed by atoms with Crippen LogP contribution in [0.25, 0.3) is 5.69 Å². The van der Waals surface area contributed by atoms with Crippen LogP contribution in [0.15, 0.2) is 53.4 Å². The minimum atomic E-state index is -3.58. The first-order chi connectivity index (χ1) is 14.7. The third-order valence-electron chi connectivity index (χ3n) is 5.08. The number of carbonyl (C=O) groups excluding carboxylic acids is 1. The lowest BCUT2D eigenvalue weighted by Gasteiger charge is -2.13. The zero-order chi connectivity index (χ0) is 22.3. The summed E-state index contributed by atoms with van der Waals surface area (Å²) in [5.41, 5.74) is 3.67. The van der Waals surface area contributed by atoms with Gasteiger partial charge in [0.15, 0.2) is 0 Å². The maximum atomic E-state index is 12.9. The summed E-state index contributed by atoms with van der Waals surface area (Å²) in [6.45, 7) is 1.98. The SMILES string of the molecule is Cc1ccc(-n2nc3c(c2NC(=O)c2ccc(S(=O)(=O)N(C)C)cc2)C[S@](=O)C3)cc1. The number of aryl methyl sites for hydroxylation is 1. The van der Waals surface area contributed by atoms with Gasteiger partial charge in [-0.05, 0) is 43.3 Å². The van der Waals surface area contributed by atoms with E-state index in [4.69, 9.17) is 0 Å². The molecule has 1 aliphatic heterocycles. The lowest BCUT2D eigenvalue weighted by atomic mass is 10.2. The van der Waals surface area contributed by atoms with Crippen LogP contribution in [-0.4, -0.2) is 46.7 Å². The number of fused-ring (bicyclic) bond motifs is 1. The molecule has 3 aromatic rings. The Balaban J connectivity index is 1.67. The van der Waals surface area contributed by atoms with Crippen molar-refractivity contribution in [1.82, 2.24) is 14.1 Å². The summed E-state index contributed by atoms with van der Waals surface area (Å²) in [6.07, 6.45) is 0. The minimum Gasteiger partial charge on any atom is -0.306 e. The number of anilines is 1. The molecule has 1 N–H and O–H groups in total. The summed E-state index contributed by atoms with van der Waals surface area (Å²) in [5.74, 6) is 0.771. The Bertz CT molecular complexity index is 1280. The fraction of sp³-hybridized carbons (Fsp3) is 0.238. The van der Waals surface area contributed by atoms with Gasteiger partial charge in [0.25, 0.3) is 5.91 Å². The van der Waals surface area contributed by atoms with E-state index in [2.05, 4.69) is 10.4 Å². The number of nitrogens with one attached hydrogen (secondary N) is 1. The van der Waals surface area contributed by atoms with Crippen LogP contribution in [0.4, 0.5) is 5.82 Å². The first-order valence-electron chi connectivity index (χ1n) is 9.53. The van der Waals surface area contributed by atoms with Crippen molar-refractivity contribution < 1.29 is 17.4 Å². The van der Waals surface area contributed by atoms with E-state index in [1.165, 1.54) is 38.4 Å². The van der Waals surface area contributed by atoms with Gasteiger partial charge in [0.2, 0.25) is 10.0 Å². The summed E-state index contributed by atoms with van der Waals surface area (Å²) in [7, 11) is -1.72. The highest BCUT2D eigenvalue weighted by Crippen LogP contribution is 2.31. The summed E-state index contributed by atoms with van der Waals surface area (Å²) < 4.78 is 39.3. The monoisotopic (exact) mass is 458 g/mol. The van der Waals surface area contributed by atoms with Gasteiger partial charge in [0, 0.05) is 36.0 Å². The topological polar surface area (TPSA) is 101 Å². The van der Waals surface area contributed by atoms with Crippen molar-refractivity contribution in [2.24, 2.45) is 0 Å². The molecule has 1 atom stereocenters. The molecular formula is C21H22N4O4S2. The van der Waals surface area contributed by atoms with Crippen LogP contribution < -0.4 is 5.32 Å². The van der Waals surface area contributed by atoms with E-state index in [1.807, 2.05) is 31.2 Å². The molecular weight excluding hydrogens is 436 g/mol. The Kier molecular flexibility index (Phi) is 5.54. The van der Waals surface area contributed by atoms with Gasteiger partial charge >= 0.3 is 0 Å². The van der Waals surface area contributed by atoms with E-state index in [-0.39, 0.29) is 4.90 Å². The fourth-order valence-electron chi connectivity index (χ4n) is 3.30. The molecule has 4 rings (SSSR count). The second-order valence-electron chi connectivity index (χ2n) is 7.52. The number of benzene rings is 2. The average Bonchev–Trinajstić information content (AvgIpc) is 3.25. The van der Waals surface area contributed by atoms with Gasteiger partial charge in [-0.25, -0.2) is 17.4 Å². The average molecular weight is 459 g/mol. The molecule has 0 radical (unpaired) electrons. The van der Waals surface area contributed by atoms with Crippen molar-refractivity contribution in [3.05, 3.63) is 70.9 Å². The lowest BCUT2D eigenvalue weighted by molar-refractivity contribution is 0.102. The number of nitrogens with zero attached hydrogens (tertiary/aromatic N) is 3. The largest absolute Gasteiger partial charge is 0.306 e. The molecule has 0 spiro atoms. The Labute approximate surface area is 183 Å². The van der Waals surface area contributed by atoms with Gasteiger partial charge in [0.1, 0.15) is 5.82 Å². The molecule has 0 unspecified atom stereocenters. The molecule has 0 saturated heterocycles. The zero-order valence-electron chi connectivity index (χ0n) is 17.3. The molecule has 0 aliphatic carbocycles. The van der Waals surface area contributed by atoms with Crippen molar-refractivity contribution >= 4 is 32.5 Å². The Morgan fingerprint density at radius 2 is 1.71 bits per heavy atom. The molecule has 1 aromatic heterocycles. The van der Waals surface area contributed by atoms with Crippen LogP contribution in [0, 0.1) is 6.92 Å². The maximum absolute atomic E-state index is 12.9. The highest BCUT2D eigenvalue weighted by molar-refractivity contribution is 7.89. The Morgan fingerprint density at radius 1 is 1.06 bits per heavy atom. The molecule has 0 bridgehead atoms. The van der Waals surface area contributed by atoms with Crippen LogP contribution in [0.5, 0.6) is 0 Å². The van der Waals surface area contributed by atoms with Gasteiger partial charge in [-0.3, -0.25) is 9.00 Å². The highest BCUT2D eigenvalue weighted by Gasteiger charge is 2.28. The number of hydrogen-bond acceptors (Lipinski definition) is 5. The van der Waals surface area contributed by atoms with E-state index in [9.17, 15) is 17.4 Å². The minimum absolute atomic E-state index is 0.107. The van der Waals surface area contributed by atoms with Crippen LogP contribution in [0.3, 0.4) is 0 Å². The normalized spacial score (nSPS) is 15.8. The Morgan fingerprint density at radius 3 is 2.32 bits per heavy atom. The number of carbonyl (C=O) groups is 1. The van der Waals surface area contributed by atoms with E-state index >= 15 is 0 Å². The molecule has 31 heavy (non-hydrogen) atoms. The molecule has 10 heteroatoms. The van der Waals surface area contributed by atoms with Gasteiger partial charge in [0.05, 0.1) is 27.8 Å². The van der Waals surface area contributed by atoms with E-state index in [1.54, 1.807) is 4.68 Å². The molecule has 1 amide bonds. The van der Waals surface area contributed by atoms with E-state index in [0.29, 0.717) is 28.6 Å². The van der Waals surface area contributed by atoms with Gasteiger partial charge in [-0.1, -0.05) is 17.7 Å². The van der Waals surface area contributed by atoms with Gasteiger partial charge in [-0.15, -0.1) is 0 Å². The molecule has 1 aliphatic rings. The number of amides is 1. The summed E-state index contributed by atoms with van der Waals surface area (Å²) in [4.78, 5) is 13.0. The third kappa shape index (κ3) is 4.06. The predicted octanol–water partition coefficient (Wildman–Crippen LogP) is 2.45. The van der Waals surface area contributed by atoms with E-state index in [0.717, 1.165) is 21.1 Å². The van der Waals surface area contributed by atoms with Crippen molar-refractivity contribution in [2.45, 2.75) is 23.3 Å². The van der Waals surface area contributed by atoms with Crippen LogP contribution in [0.2, 0.25) is 0 Å². The first-order valence-corrected chi connectivity index (χ1v) is 12.5. The number of hydrogen-bond donors (Lipinski definition) is 1. The van der Waals surface area contributed by atoms with Crippen LogP contribution in [-0.2, 0) is 32.3 Å². The predicted molar refractivity (Wildman–Crippen MR) is 119 cm³/mol. The Hall–Kier alpha value is -2.82. The number of aromatic nitrogens is 2. The third-order valence-corrected chi connectivity index (χ3v) is 8.11. The lowest BCUT2D eigenvalue weighted by Crippen LogP contribution is -2.22. The van der Waals surface area contributed by atoms with Crippen molar-refractivity contribution in [1.29, 1.82) is 0 Å². The standard InChI is InChI=1S/C21H22N4O4S2/c1-14-4-8-16(9-5-14)25-20(18-12-30(27)13-19(18)23-25)22-21(26)15-6-10-17(11-7-15)31(28,29)24(2)3/h4-11H,12-13H2,1-3H3,(H,22,26)/t30-/m0/s1. The second-order valence-corrected chi connectivity index (χ2v) is 11.1. The smallest absolute Gasteiger partial charge is 0.256 e. The molecule has 0 saturated carbocycles. The summed E-state index contributed by atoms with van der Waals surface area (Å²) in [5, 5.41) is 7.47. The number of sulfonamides is 1.